The van der Waals surface area contributed by atoms with Crippen LogP contribution in [-0.2, 0) is 6.54 Å². The number of hydrogen-bond donors (Lipinski definition) is 1. The number of hydrogen-bond acceptors (Lipinski definition) is 3. The molecule has 0 aliphatic heterocycles. The molecule has 0 atom stereocenters. The van der Waals surface area contributed by atoms with Gasteiger partial charge in [-0.3, -0.25) is 0 Å². The number of halogens is 1. The van der Waals surface area contributed by atoms with Gasteiger partial charge in [0, 0.05) is 11.4 Å². The molecule has 0 saturated heterocycles. The number of rotatable bonds is 4. The fourth-order valence-electron chi connectivity index (χ4n) is 1.64. The van der Waals surface area contributed by atoms with Gasteiger partial charge in [-0.15, -0.1) is 11.3 Å². The summed E-state index contributed by atoms with van der Waals surface area (Å²) in [6.45, 7) is 0.889. The molecule has 1 aromatic carbocycles. The highest BCUT2D eigenvalue weighted by Crippen LogP contribution is 2.33. The lowest BCUT2D eigenvalue weighted by Crippen LogP contribution is -2.03. The largest absolute Gasteiger partial charge is 0.495 e. The quantitative estimate of drug-likeness (QED) is 0.910. The minimum atomic E-state index is 0.647. The predicted molar refractivity (Wildman–Crippen MR) is 74.1 cm³/mol. The van der Waals surface area contributed by atoms with Crippen molar-refractivity contribution in [1.29, 1.82) is 0 Å². The highest BCUT2D eigenvalue weighted by molar-refractivity contribution is 7.13. The van der Waals surface area contributed by atoms with Crippen molar-refractivity contribution in [2.45, 2.75) is 6.54 Å². The van der Waals surface area contributed by atoms with E-state index in [2.05, 4.69) is 16.8 Å². The second kappa shape index (κ2) is 5.54. The Kier molecular flexibility index (Phi) is 4.05. The highest BCUT2D eigenvalue weighted by atomic mass is 35.5. The molecule has 0 aliphatic carbocycles. The van der Waals surface area contributed by atoms with Crippen molar-refractivity contribution in [2.75, 3.05) is 14.2 Å². The van der Waals surface area contributed by atoms with E-state index >= 15 is 0 Å². The topological polar surface area (TPSA) is 21.3 Å². The first kappa shape index (κ1) is 12.4. The first-order chi connectivity index (χ1) is 8.24. The van der Waals surface area contributed by atoms with E-state index in [1.54, 1.807) is 18.4 Å². The first-order valence-electron chi connectivity index (χ1n) is 5.30. The summed E-state index contributed by atoms with van der Waals surface area (Å²) in [6.07, 6.45) is 0. The molecular weight excluding hydrogens is 254 g/mol. The van der Waals surface area contributed by atoms with Crippen LogP contribution in [0.4, 0.5) is 0 Å². The standard InChI is InChI=1S/C13H14ClNOS/c1-15-7-9-5-13(17-8-9)10-3-4-12(16-2)11(14)6-10/h3-6,8,15H,7H2,1-2H3. The smallest absolute Gasteiger partial charge is 0.137 e. The van der Waals surface area contributed by atoms with Gasteiger partial charge in [-0.2, -0.15) is 0 Å². The molecule has 0 aliphatic rings. The second-order valence-corrected chi connectivity index (χ2v) is 5.02. The molecule has 0 spiro atoms. The Bertz CT molecular complexity index is 510. The normalized spacial score (nSPS) is 10.5. The zero-order chi connectivity index (χ0) is 12.3. The van der Waals surface area contributed by atoms with Gasteiger partial charge in [-0.1, -0.05) is 11.6 Å². The number of nitrogens with one attached hydrogen (secondary N) is 1. The second-order valence-electron chi connectivity index (χ2n) is 3.70. The van der Waals surface area contributed by atoms with Crippen LogP contribution in [0, 0.1) is 0 Å². The number of methoxy groups -OCH3 is 1. The van der Waals surface area contributed by atoms with Crippen LogP contribution in [0.3, 0.4) is 0 Å². The van der Waals surface area contributed by atoms with E-state index in [-0.39, 0.29) is 0 Å². The molecule has 4 heteroatoms. The number of benzene rings is 1. The molecular formula is C13H14ClNOS. The molecule has 90 valence electrons. The molecule has 2 aromatic rings. The zero-order valence-corrected chi connectivity index (χ0v) is 11.4. The van der Waals surface area contributed by atoms with E-state index in [1.165, 1.54) is 10.4 Å². The van der Waals surface area contributed by atoms with Crippen molar-refractivity contribution in [2.24, 2.45) is 0 Å². The molecule has 0 saturated carbocycles. The van der Waals surface area contributed by atoms with Gasteiger partial charge in [0.15, 0.2) is 0 Å². The Morgan fingerprint density at radius 1 is 1.35 bits per heavy atom. The summed E-state index contributed by atoms with van der Waals surface area (Å²) in [5.74, 6) is 0.711. The molecule has 1 heterocycles. The summed E-state index contributed by atoms with van der Waals surface area (Å²) in [7, 11) is 3.57. The summed E-state index contributed by atoms with van der Waals surface area (Å²) >= 11 is 7.84. The molecule has 0 radical (unpaired) electrons. The van der Waals surface area contributed by atoms with E-state index in [4.69, 9.17) is 16.3 Å². The molecule has 0 bridgehead atoms. The molecule has 0 fully saturated rings. The van der Waals surface area contributed by atoms with E-state index in [9.17, 15) is 0 Å². The van der Waals surface area contributed by atoms with Gasteiger partial charge in [0.05, 0.1) is 12.1 Å². The van der Waals surface area contributed by atoms with Crippen LogP contribution in [0.25, 0.3) is 10.4 Å². The maximum absolute atomic E-state index is 6.11. The van der Waals surface area contributed by atoms with E-state index in [0.717, 1.165) is 12.1 Å². The predicted octanol–water partition coefficient (Wildman–Crippen LogP) is 3.80. The fourth-order valence-corrected chi connectivity index (χ4v) is 2.81. The van der Waals surface area contributed by atoms with Gasteiger partial charge in [-0.25, -0.2) is 0 Å². The Morgan fingerprint density at radius 2 is 2.18 bits per heavy atom. The van der Waals surface area contributed by atoms with Crippen molar-refractivity contribution in [3.8, 4) is 16.2 Å². The third kappa shape index (κ3) is 2.80. The average molecular weight is 268 g/mol. The average Bonchev–Trinajstić information content (AvgIpc) is 2.78. The summed E-state index contributed by atoms with van der Waals surface area (Å²) in [5.41, 5.74) is 2.42. The van der Waals surface area contributed by atoms with Crippen molar-refractivity contribution in [3.05, 3.63) is 40.2 Å². The zero-order valence-electron chi connectivity index (χ0n) is 9.79. The van der Waals surface area contributed by atoms with Gasteiger partial charge < -0.3 is 10.1 Å². The number of ether oxygens (including phenoxy) is 1. The first-order valence-corrected chi connectivity index (χ1v) is 6.56. The fraction of sp³-hybridized carbons (Fsp3) is 0.231. The third-order valence-corrected chi connectivity index (χ3v) is 3.79. The lowest BCUT2D eigenvalue weighted by atomic mass is 10.1. The van der Waals surface area contributed by atoms with Gasteiger partial charge in [-0.05, 0) is 47.8 Å². The lowest BCUT2D eigenvalue weighted by Gasteiger charge is -2.04. The van der Waals surface area contributed by atoms with E-state index < -0.39 is 0 Å². The van der Waals surface area contributed by atoms with Crippen LogP contribution < -0.4 is 10.1 Å². The minimum Gasteiger partial charge on any atom is -0.495 e. The van der Waals surface area contributed by atoms with Crippen LogP contribution in [0.2, 0.25) is 5.02 Å². The molecule has 1 N–H and O–H groups in total. The van der Waals surface area contributed by atoms with Gasteiger partial charge in [0.2, 0.25) is 0 Å². The van der Waals surface area contributed by atoms with Crippen LogP contribution in [0.1, 0.15) is 5.56 Å². The molecule has 2 nitrogen and oxygen atoms in total. The van der Waals surface area contributed by atoms with Crippen LogP contribution in [-0.4, -0.2) is 14.2 Å². The van der Waals surface area contributed by atoms with Crippen LogP contribution in [0.15, 0.2) is 29.6 Å². The van der Waals surface area contributed by atoms with E-state index in [0.29, 0.717) is 10.8 Å². The maximum Gasteiger partial charge on any atom is 0.137 e. The van der Waals surface area contributed by atoms with Crippen molar-refractivity contribution >= 4 is 22.9 Å². The van der Waals surface area contributed by atoms with Crippen molar-refractivity contribution in [1.82, 2.24) is 5.32 Å². The maximum atomic E-state index is 6.11. The highest BCUT2D eigenvalue weighted by Gasteiger charge is 2.06. The Morgan fingerprint density at radius 3 is 2.82 bits per heavy atom. The van der Waals surface area contributed by atoms with Crippen molar-refractivity contribution in [3.63, 3.8) is 0 Å². The summed E-state index contributed by atoms with van der Waals surface area (Å²) < 4.78 is 5.14. The Hall–Kier alpha value is -1.03. The molecule has 1 aromatic heterocycles. The number of thiophene rings is 1. The van der Waals surface area contributed by atoms with Crippen molar-refractivity contribution < 1.29 is 4.74 Å². The summed E-state index contributed by atoms with van der Waals surface area (Å²) in [6, 6.07) is 8.05. The van der Waals surface area contributed by atoms with Gasteiger partial charge in [0.1, 0.15) is 5.75 Å². The van der Waals surface area contributed by atoms with Gasteiger partial charge >= 0.3 is 0 Å². The molecule has 0 amide bonds. The van der Waals surface area contributed by atoms with Crippen LogP contribution in [0.5, 0.6) is 5.75 Å². The monoisotopic (exact) mass is 267 g/mol. The molecule has 2 rings (SSSR count). The Balaban J connectivity index is 2.29. The summed E-state index contributed by atoms with van der Waals surface area (Å²) in [4.78, 5) is 1.22. The third-order valence-electron chi connectivity index (χ3n) is 2.47. The van der Waals surface area contributed by atoms with E-state index in [1.807, 2.05) is 25.2 Å². The lowest BCUT2D eigenvalue weighted by molar-refractivity contribution is 0.415. The molecule has 0 unspecified atom stereocenters. The Labute approximate surface area is 110 Å². The summed E-state index contributed by atoms with van der Waals surface area (Å²) in [5, 5.41) is 5.94. The van der Waals surface area contributed by atoms with Gasteiger partial charge in [0.25, 0.3) is 0 Å². The molecule has 17 heavy (non-hydrogen) atoms. The SMILES string of the molecule is CNCc1csc(-c2ccc(OC)c(Cl)c2)c1. The van der Waals surface area contributed by atoms with Crippen LogP contribution >= 0.6 is 22.9 Å². The minimum absolute atomic E-state index is 0.647.